The van der Waals surface area contributed by atoms with Crippen LogP contribution in [0.1, 0.15) is 30.0 Å². The summed E-state index contributed by atoms with van der Waals surface area (Å²) in [5.41, 5.74) is 12.1. The van der Waals surface area contributed by atoms with Crippen LogP contribution in [0.2, 0.25) is 0 Å². The Bertz CT molecular complexity index is 990. The molecule has 2 aromatic rings. The number of nitrogens with two attached hydrogens (primary N) is 2. The Morgan fingerprint density at radius 3 is 2.32 bits per heavy atom. The number of nitrogens with zero attached hydrogens (tertiary/aromatic N) is 1. The molecule has 0 saturated heterocycles. The quantitative estimate of drug-likeness (QED) is 0.141. The van der Waals surface area contributed by atoms with Gasteiger partial charge in [-0.05, 0) is 42.0 Å². The maximum absolute atomic E-state index is 12.1. The molecular formula is C20H23N5O6. The summed E-state index contributed by atoms with van der Waals surface area (Å²) in [6.07, 6.45) is -0.232. The molecule has 0 aliphatic rings. The van der Waals surface area contributed by atoms with Gasteiger partial charge in [0.1, 0.15) is 5.75 Å². The monoisotopic (exact) mass is 429 g/mol. The van der Waals surface area contributed by atoms with E-state index < -0.39 is 23.8 Å². The molecule has 2 rings (SSSR count). The number of amides is 2. The van der Waals surface area contributed by atoms with Gasteiger partial charge in [0, 0.05) is 24.1 Å². The van der Waals surface area contributed by atoms with Gasteiger partial charge in [-0.3, -0.25) is 9.59 Å². The van der Waals surface area contributed by atoms with Crippen molar-refractivity contribution in [3.8, 4) is 5.75 Å². The maximum Gasteiger partial charge on any atom is 0.330 e. The summed E-state index contributed by atoms with van der Waals surface area (Å²) in [7, 11) is 1.41. The molecule has 0 radical (unpaired) electrons. The number of anilines is 2. The molecule has 0 fully saturated rings. The molecule has 2 aromatic carbocycles. The van der Waals surface area contributed by atoms with E-state index in [0.29, 0.717) is 22.6 Å². The maximum atomic E-state index is 12.1. The molecule has 0 heterocycles. The van der Waals surface area contributed by atoms with Crippen molar-refractivity contribution < 1.29 is 29.4 Å². The highest BCUT2D eigenvalue weighted by molar-refractivity contribution is 5.97. The van der Waals surface area contributed by atoms with E-state index in [1.807, 2.05) is 0 Å². The van der Waals surface area contributed by atoms with Crippen LogP contribution in [0.15, 0.2) is 47.6 Å². The van der Waals surface area contributed by atoms with Crippen LogP contribution in [-0.4, -0.2) is 41.0 Å². The van der Waals surface area contributed by atoms with E-state index in [9.17, 15) is 19.5 Å². The Morgan fingerprint density at radius 1 is 1.10 bits per heavy atom. The Morgan fingerprint density at radius 2 is 1.77 bits per heavy atom. The first-order valence-electron chi connectivity index (χ1n) is 9.08. The zero-order valence-electron chi connectivity index (χ0n) is 16.7. The fourth-order valence-electron chi connectivity index (χ4n) is 2.70. The van der Waals surface area contributed by atoms with Gasteiger partial charge >= 0.3 is 5.97 Å². The largest absolute Gasteiger partial charge is 0.495 e. The third-order valence-electron chi connectivity index (χ3n) is 4.28. The van der Waals surface area contributed by atoms with E-state index >= 15 is 0 Å². The zero-order valence-corrected chi connectivity index (χ0v) is 16.7. The molecule has 0 aliphatic heterocycles. The third-order valence-corrected chi connectivity index (χ3v) is 4.28. The lowest BCUT2D eigenvalue weighted by atomic mass is 10.0. The number of hydrogen-bond acceptors (Lipinski definition) is 7. The van der Waals surface area contributed by atoms with Gasteiger partial charge in [-0.2, -0.15) is 0 Å². The summed E-state index contributed by atoms with van der Waals surface area (Å²) in [4.78, 5) is 34.8. The van der Waals surface area contributed by atoms with E-state index in [-0.39, 0.29) is 24.4 Å². The molecule has 8 N–H and O–H groups in total. The minimum absolute atomic E-state index is 0.0757. The minimum Gasteiger partial charge on any atom is -0.495 e. The van der Waals surface area contributed by atoms with Crippen molar-refractivity contribution in [1.29, 1.82) is 0 Å². The number of carboxylic acid groups (broad SMARTS) is 1. The van der Waals surface area contributed by atoms with Crippen LogP contribution in [0.3, 0.4) is 0 Å². The number of amidine groups is 1. The second kappa shape index (κ2) is 10.5. The summed E-state index contributed by atoms with van der Waals surface area (Å²) in [5, 5.41) is 26.8. The second-order valence-corrected chi connectivity index (χ2v) is 6.45. The number of rotatable bonds is 10. The van der Waals surface area contributed by atoms with Crippen molar-refractivity contribution in [2.75, 3.05) is 17.7 Å². The van der Waals surface area contributed by atoms with Gasteiger partial charge < -0.3 is 37.2 Å². The number of carbonyl (C=O) groups excluding carboxylic acids is 2. The minimum atomic E-state index is -1.16. The molecule has 1 atom stereocenters. The SMILES string of the molecule is COc1ccc(C(Nc2ccc(/C(N)=N/O)cc2)C(=O)O)cc1NC(=O)CCC(N)=O. The molecule has 0 aromatic heterocycles. The second-order valence-electron chi connectivity index (χ2n) is 6.45. The number of carbonyl (C=O) groups is 3. The average molecular weight is 429 g/mol. The van der Waals surface area contributed by atoms with Crippen molar-refractivity contribution >= 4 is 35.0 Å². The van der Waals surface area contributed by atoms with Gasteiger partial charge in [0.05, 0.1) is 12.8 Å². The molecule has 0 aliphatic carbocycles. The predicted molar refractivity (Wildman–Crippen MR) is 113 cm³/mol. The molecule has 164 valence electrons. The Labute approximate surface area is 177 Å². The number of hydrogen-bond donors (Lipinski definition) is 6. The van der Waals surface area contributed by atoms with E-state index in [0.717, 1.165) is 0 Å². The number of aliphatic carboxylic acids is 1. The highest BCUT2D eigenvalue weighted by Gasteiger charge is 2.22. The van der Waals surface area contributed by atoms with Crippen LogP contribution in [0.4, 0.5) is 11.4 Å². The lowest BCUT2D eigenvalue weighted by molar-refractivity contribution is -0.138. The van der Waals surface area contributed by atoms with Crippen LogP contribution in [0, 0.1) is 0 Å². The Balaban J connectivity index is 2.26. The highest BCUT2D eigenvalue weighted by Crippen LogP contribution is 2.30. The van der Waals surface area contributed by atoms with E-state index in [2.05, 4.69) is 15.8 Å². The van der Waals surface area contributed by atoms with E-state index in [1.54, 1.807) is 30.3 Å². The van der Waals surface area contributed by atoms with Crippen LogP contribution in [-0.2, 0) is 14.4 Å². The number of carboxylic acids is 1. The fourth-order valence-corrected chi connectivity index (χ4v) is 2.70. The van der Waals surface area contributed by atoms with Gasteiger partial charge in [-0.25, -0.2) is 4.79 Å². The molecule has 2 amide bonds. The van der Waals surface area contributed by atoms with E-state index in [4.69, 9.17) is 21.4 Å². The average Bonchev–Trinajstić information content (AvgIpc) is 2.75. The number of benzene rings is 2. The lowest BCUT2D eigenvalue weighted by Gasteiger charge is -2.19. The molecule has 0 saturated carbocycles. The van der Waals surface area contributed by atoms with Gasteiger partial charge in [0.25, 0.3) is 0 Å². The predicted octanol–water partition coefficient (Wildman–Crippen LogP) is 1.23. The van der Waals surface area contributed by atoms with Crippen molar-refractivity contribution in [3.05, 3.63) is 53.6 Å². The summed E-state index contributed by atoms with van der Waals surface area (Å²) in [6, 6.07) is 9.69. The number of ether oxygens (including phenoxy) is 1. The van der Waals surface area contributed by atoms with Gasteiger partial charge in [0.15, 0.2) is 11.9 Å². The normalized spacial score (nSPS) is 12.0. The standard InChI is InChI=1S/C20H23N5O6/c1-31-15-7-4-12(10-14(15)24-17(27)9-8-16(21)26)18(20(28)29)23-13-5-2-11(3-6-13)19(22)25-30/h2-7,10,18,23,30H,8-9H2,1H3,(H2,21,26)(H2,22,25)(H,24,27)(H,28,29). The summed E-state index contributed by atoms with van der Waals surface area (Å²) < 4.78 is 5.21. The molecular weight excluding hydrogens is 406 g/mol. The van der Waals surface area contributed by atoms with E-state index in [1.165, 1.54) is 19.2 Å². The number of oxime groups is 1. The topological polar surface area (TPSA) is 189 Å². The van der Waals surface area contributed by atoms with Crippen LogP contribution in [0.5, 0.6) is 5.75 Å². The van der Waals surface area contributed by atoms with Gasteiger partial charge in [-0.1, -0.05) is 11.2 Å². The zero-order chi connectivity index (χ0) is 23.0. The Kier molecular flexibility index (Phi) is 7.78. The highest BCUT2D eigenvalue weighted by atomic mass is 16.5. The van der Waals surface area contributed by atoms with Crippen LogP contribution >= 0.6 is 0 Å². The first-order chi connectivity index (χ1) is 14.7. The smallest absolute Gasteiger partial charge is 0.330 e. The summed E-state index contributed by atoms with van der Waals surface area (Å²) in [5.74, 6) is -1.98. The molecule has 1 unspecified atom stereocenters. The van der Waals surface area contributed by atoms with Gasteiger partial charge in [0.2, 0.25) is 11.8 Å². The summed E-state index contributed by atoms with van der Waals surface area (Å²) in [6.45, 7) is 0. The third kappa shape index (κ3) is 6.35. The summed E-state index contributed by atoms with van der Waals surface area (Å²) >= 11 is 0. The number of methoxy groups -OCH3 is 1. The van der Waals surface area contributed by atoms with Crippen molar-refractivity contribution in [1.82, 2.24) is 0 Å². The first kappa shape index (κ1) is 23.0. The van der Waals surface area contributed by atoms with Crippen molar-refractivity contribution in [2.45, 2.75) is 18.9 Å². The van der Waals surface area contributed by atoms with Crippen molar-refractivity contribution in [2.24, 2.45) is 16.6 Å². The van der Waals surface area contributed by atoms with Gasteiger partial charge in [-0.15, -0.1) is 0 Å². The Hall–Kier alpha value is -4.28. The lowest BCUT2D eigenvalue weighted by Crippen LogP contribution is -2.21. The fraction of sp³-hybridized carbons (Fsp3) is 0.200. The van der Waals surface area contributed by atoms with Crippen LogP contribution < -0.4 is 26.8 Å². The number of primary amides is 1. The molecule has 0 spiro atoms. The first-order valence-corrected chi connectivity index (χ1v) is 9.08. The molecule has 11 heteroatoms. The molecule has 0 bridgehead atoms. The molecule has 31 heavy (non-hydrogen) atoms. The number of nitrogens with one attached hydrogen (secondary N) is 2. The van der Waals surface area contributed by atoms with Crippen molar-refractivity contribution in [3.63, 3.8) is 0 Å². The van der Waals surface area contributed by atoms with Crippen LogP contribution in [0.25, 0.3) is 0 Å². The molecule has 11 nitrogen and oxygen atoms in total.